The normalized spacial score (nSPS) is 13.4. The summed E-state index contributed by atoms with van der Waals surface area (Å²) in [6, 6.07) is 18.7. The number of hydrogen-bond acceptors (Lipinski definition) is 7. The number of ether oxygens (including phenoxy) is 1. The summed E-state index contributed by atoms with van der Waals surface area (Å²) in [4.78, 5) is 41.3. The summed E-state index contributed by atoms with van der Waals surface area (Å²) < 4.78 is 5.15. The molecule has 0 aromatic heterocycles. The number of hydrogen-bond donors (Lipinski definition) is 2. The largest absolute Gasteiger partial charge is 0.506 e. The zero-order valence-corrected chi connectivity index (χ0v) is 21.0. The third-order valence-corrected chi connectivity index (χ3v) is 6.58. The molecule has 0 spiro atoms. The minimum atomic E-state index is -0.558. The zero-order chi connectivity index (χ0) is 25.8. The summed E-state index contributed by atoms with van der Waals surface area (Å²) in [5, 5.41) is 13.3. The Balaban J connectivity index is 1.68. The van der Waals surface area contributed by atoms with E-state index in [1.807, 2.05) is 45.0 Å². The molecule has 0 fully saturated rings. The second-order valence-electron chi connectivity index (χ2n) is 8.39. The first-order valence-electron chi connectivity index (χ1n) is 11.5. The topological polar surface area (TPSA) is 95.9 Å². The molecule has 3 aromatic rings. The minimum Gasteiger partial charge on any atom is -0.506 e. The van der Waals surface area contributed by atoms with Crippen molar-refractivity contribution in [2.45, 2.75) is 32.1 Å². The molecule has 0 bridgehead atoms. The lowest BCUT2D eigenvalue weighted by Crippen LogP contribution is -2.32. The molecular formula is C28H26N2O5S. The van der Waals surface area contributed by atoms with Crippen LogP contribution in [0.4, 0.5) is 11.4 Å². The van der Waals surface area contributed by atoms with E-state index >= 15 is 0 Å². The quantitative estimate of drug-likeness (QED) is 0.236. The van der Waals surface area contributed by atoms with Crippen LogP contribution >= 0.6 is 11.8 Å². The Morgan fingerprint density at radius 2 is 1.61 bits per heavy atom. The number of benzene rings is 3. The maximum absolute atomic E-state index is 13.5. The number of rotatable bonds is 8. The fraction of sp³-hybridized carbons (Fsp3) is 0.179. The lowest BCUT2D eigenvalue weighted by atomic mass is 10.2. The monoisotopic (exact) mass is 502 g/mol. The minimum absolute atomic E-state index is 0.0403. The van der Waals surface area contributed by atoms with E-state index < -0.39 is 17.8 Å². The van der Waals surface area contributed by atoms with Crippen molar-refractivity contribution in [3.05, 3.63) is 94.0 Å². The van der Waals surface area contributed by atoms with Gasteiger partial charge in [0, 0.05) is 4.90 Å². The third-order valence-electron chi connectivity index (χ3n) is 5.49. The van der Waals surface area contributed by atoms with E-state index in [1.165, 1.54) is 30.0 Å². The number of nitrogens with zero attached hydrogens (tertiary/aromatic N) is 1. The van der Waals surface area contributed by atoms with Gasteiger partial charge in [0.25, 0.3) is 11.8 Å². The van der Waals surface area contributed by atoms with Crippen LogP contribution in [0.2, 0.25) is 0 Å². The molecular weight excluding hydrogens is 476 g/mol. The van der Waals surface area contributed by atoms with E-state index in [-0.39, 0.29) is 16.4 Å². The van der Waals surface area contributed by atoms with E-state index in [4.69, 9.17) is 4.74 Å². The second-order valence-corrected chi connectivity index (χ2v) is 9.48. The fourth-order valence-corrected chi connectivity index (χ4v) is 4.51. The SMILES string of the molecule is CCCOC(=O)c1ccc(N2C(=O)C(Nc3cc(C)ccc3O)=C(Sc3ccc(C)cc3)C2=O)cc1. The number of thioether (sulfide) groups is 1. The molecule has 3 aromatic carbocycles. The molecule has 8 heteroatoms. The predicted octanol–water partition coefficient (Wildman–Crippen LogP) is 5.57. The number of anilines is 2. The van der Waals surface area contributed by atoms with Gasteiger partial charge in [-0.15, -0.1) is 0 Å². The lowest BCUT2D eigenvalue weighted by Gasteiger charge is -2.16. The Bertz CT molecular complexity index is 1350. The van der Waals surface area contributed by atoms with Gasteiger partial charge in [-0.05, 0) is 74.4 Å². The molecule has 7 nitrogen and oxygen atoms in total. The van der Waals surface area contributed by atoms with Crippen molar-refractivity contribution in [1.29, 1.82) is 0 Å². The number of esters is 1. The highest BCUT2D eigenvalue weighted by atomic mass is 32.2. The van der Waals surface area contributed by atoms with E-state index in [1.54, 1.807) is 24.3 Å². The summed E-state index contributed by atoms with van der Waals surface area (Å²) in [7, 11) is 0. The highest BCUT2D eigenvalue weighted by Crippen LogP contribution is 2.39. The molecule has 0 saturated heterocycles. The number of phenols is 1. The van der Waals surface area contributed by atoms with Crippen LogP contribution in [0.3, 0.4) is 0 Å². The summed E-state index contributed by atoms with van der Waals surface area (Å²) in [5.74, 6) is -1.56. The summed E-state index contributed by atoms with van der Waals surface area (Å²) in [6.07, 6.45) is 0.708. The Morgan fingerprint density at radius 1 is 0.944 bits per heavy atom. The Hall–Kier alpha value is -4.04. The molecule has 0 saturated carbocycles. The highest BCUT2D eigenvalue weighted by Gasteiger charge is 2.40. The van der Waals surface area contributed by atoms with Crippen molar-refractivity contribution < 1.29 is 24.2 Å². The number of aromatic hydroxyl groups is 1. The molecule has 0 unspecified atom stereocenters. The number of aryl methyl sites for hydroxylation is 2. The number of carbonyl (C=O) groups is 3. The van der Waals surface area contributed by atoms with Gasteiger partial charge in [-0.2, -0.15) is 0 Å². The average Bonchev–Trinajstić information content (AvgIpc) is 3.10. The maximum atomic E-state index is 13.5. The molecule has 1 heterocycles. The van der Waals surface area contributed by atoms with Gasteiger partial charge in [0.05, 0.1) is 23.5 Å². The van der Waals surface area contributed by atoms with E-state index in [2.05, 4.69) is 5.32 Å². The summed E-state index contributed by atoms with van der Waals surface area (Å²) in [6.45, 7) is 6.05. The van der Waals surface area contributed by atoms with Crippen LogP contribution in [-0.4, -0.2) is 29.5 Å². The number of nitrogens with one attached hydrogen (secondary N) is 1. The van der Waals surface area contributed by atoms with Gasteiger partial charge in [-0.3, -0.25) is 9.59 Å². The smallest absolute Gasteiger partial charge is 0.338 e. The molecule has 0 radical (unpaired) electrons. The van der Waals surface area contributed by atoms with Crippen molar-refractivity contribution in [3.8, 4) is 5.75 Å². The molecule has 36 heavy (non-hydrogen) atoms. The molecule has 2 N–H and O–H groups in total. The Labute approximate surface area is 213 Å². The van der Waals surface area contributed by atoms with Gasteiger partial charge in [-0.1, -0.05) is 42.4 Å². The van der Waals surface area contributed by atoms with Crippen LogP contribution in [0.5, 0.6) is 5.75 Å². The van der Waals surface area contributed by atoms with Crippen molar-refractivity contribution >= 4 is 40.9 Å². The first-order valence-corrected chi connectivity index (χ1v) is 12.3. The Kier molecular flexibility index (Phi) is 7.45. The van der Waals surface area contributed by atoms with Gasteiger partial charge in [0.15, 0.2) is 0 Å². The number of carbonyl (C=O) groups excluding carboxylic acids is 3. The van der Waals surface area contributed by atoms with Gasteiger partial charge in [0.2, 0.25) is 0 Å². The predicted molar refractivity (Wildman–Crippen MR) is 140 cm³/mol. The molecule has 0 aliphatic carbocycles. The van der Waals surface area contributed by atoms with Gasteiger partial charge >= 0.3 is 5.97 Å². The molecule has 1 aliphatic rings. The Morgan fingerprint density at radius 3 is 2.28 bits per heavy atom. The molecule has 2 amide bonds. The summed E-state index contributed by atoms with van der Waals surface area (Å²) in [5.41, 5.74) is 3.00. The lowest BCUT2D eigenvalue weighted by molar-refractivity contribution is -0.120. The highest BCUT2D eigenvalue weighted by molar-refractivity contribution is 8.04. The van der Waals surface area contributed by atoms with Crippen molar-refractivity contribution in [2.75, 3.05) is 16.8 Å². The first kappa shape index (κ1) is 25.1. The van der Waals surface area contributed by atoms with E-state index in [0.29, 0.717) is 30.0 Å². The number of imide groups is 1. The van der Waals surface area contributed by atoms with Gasteiger partial charge in [-0.25, -0.2) is 9.69 Å². The number of phenolic OH excluding ortho intramolecular Hbond substituents is 1. The number of amides is 2. The maximum Gasteiger partial charge on any atom is 0.338 e. The standard InChI is InChI=1S/C28H26N2O5S/c1-4-15-35-28(34)19-8-10-20(11-9-19)30-26(32)24(29-22-16-18(3)7-14-23(22)31)25(27(30)33)36-21-12-5-17(2)6-13-21/h5-14,16,29,31H,4,15H2,1-3H3. The van der Waals surface area contributed by atoms with Crippen LogP contribution in [0.25, 0.3) is 0 Å². The first-order chi connectivity index (χ1) is 17.3. The van der Waals surface area contributed by atoms with Crippen LogP contribution in [-0.2, 0) is 14.3 Å². The second kappa shape index (κ2) is 10.7. The van der Waals surface area contributed by atoms with Crippen LogP contribution in [0, 0.1) is 13.8 Å². The van der Waals surface area contributed by atoms with Crippen molar-refractivity contribution in [2.24, 2.45) is 0 Å². The van der Waals surface area contributed by atoms with Gasteiger partial charge < -0.3 is 15.2 Å². The van der Waals surface area contributed by atoms with E-state index in [9.17, 15) is 19.5 Å². The molecule has 0 atom stereocenters. The van der Waals surface area contributed by atoms with Crippen molar-refractivity contribution in [1.82, 2.24) is 0 Å². The third kappa shape index (κ3) is 5.28. The fourth-order valence-electron chi connectivity index (χ4n) is 3.58. The summed E-state index contributed by atoms with van der Waals surface area (Å²) >= 11 is 1.17. The molecule has 1 aliphatic heterocycles. The van der Waals surface area contributed by atoms with Crippen LogP contribution in [0.1, 0.15) is 34.8 Å². The van der Waals surface area contributed by atoms with E-state index in [0.717, 1.165) is 20.9 Å². The van der Waals surface area contributed by atoms with Crippen LogP contribution in [0.15, 0.2) is 82.2 Å². The van der Waals surface area contributed by atoms with Crippen LogP contribution < -0.4 is 10.2 Å². The average molecular weight is 503 g/mol. The molecule has 184 valence electrons. The molecule has 4 rings (SSSR count). The van der Waals surface area contributed by atoms with Gasteiger partial charge in [0.1, 0.15) is 16.4 Å². The zero-order valence-electron chi connectivity index (χ0n) is 20.2. The van der Waals surface area contributed by atoms with Crippen molar-refractivity contribution in [3.63, 3.8) is 0 Å².